The minimum Gasteiger partial charge on any atom is -0.312 e. The number of unbranched alkanes of at least 4 members (excludes halogenated alkanes) is 7. The van der Waals surface area contributed by atoms with E-state index in [9.17, 15) is 0 Å². The molecule has 1 N–H and O–H groups in total. The molecule has 0 unspecified atom stereocenters. The van der Waals surface area contributed by atoms with Gasteiger partial charge in [-0.15, -0.1) is 0 Å². The summed E-state index contributed by atoms with van der Waals surface area (Å²) in [6, 6.07) is 0. The molecule has 0 amide bonds. The number of nitrogens with one attached hydrogen (secondary N) is 1. The molecule has 0 aromatic rings. The first-order valence-corrected chi connectivity index (χ1v) is 8.46. The van der Waals surface area contributed by atoms with Crippen LogP contribution < -0.4 is 5.32 Å². The lowest BCUT2D eigenvalue weighted by molar-refractivity contribution is 0.356. The number of hydrogen-bond acceptors (Lipinski definition) is 1. The molecular formula is C18H39N. The second kappa shape index (κ2) is 9.80. The Hall–Kier alpha value is -0.0400. The lowest BCUT2D eigenvalue weighted by atomic mass is 9.89. The van der Waals surface area contributed by atoms with E-state index in [1.807, 2.05) is 0 Å². The van der Waals surface area contributed by atoms with Crippen LogP contribution in [-0.2, 0) is 0 Å². The Morgan fingerprint density at radius 1 is 0.579 bits per heavy atom. The molecular weight excluding hydrogens is 230 g/mol. The standard InChI is InChI=1S/C18H39N/c1-17(2,3)15-13-11-9-7-8-10-12-14-16-19-18(4,5)6/h19H,7-16H2,1-6H3. The first kappa shape index (κ1) is 19.0. The van der Waals surface area contributed by atoms with E-state index >= 15 is 0 Å². The van der Waals surface area contributed by atoms with E-state index in [4.69, 9.17) is 0 Å². The molecule has 0 aliphatic rings. The van der Waals surface area contributed by atoms with Crippen LogP contribution >= 0.6 is 0 Å². The van der Waals surface area contributed by atoms with Crippen molar-refractivity contribution in [2.24, 2.45) is 5.41 Å². The fraction of sp³-hybridized carbons (Fsp3) is 1.00. The van der Waals surface area contributed by atoms with Crippen molar-refractivity contribution in [1.29, 1.82) is 0 Å². The molecule has 19 heavy (non-hydrogen) atoms. The van der Waals surface area contributed by atoms with Crippen LogP contribution in [0.5, 0.6) is 0 Å². The molecule has 0 saturated heterocycles. The molecule has 0 atom stereocenters. The van der Waals surface area contributed by atoms with Gasteiger partial charge in [0.05, 0.1) is 0 Å². The van der Waals surface area contributed by atoms with Crippen molar-refractivity contribution in [3.05, 3.63) is 0 Å². The van der Waals surface area contributed by atoms with Crippen LogP contribution in [0.2, 0.25) is 0 Å². The second-order valence-corrected chi connectivity index (χ2v) is 8.32. The summed E-state index contributed by atoms with van der Waals surface area (Å²) in [5.74, 6) is 0. The van der Waals surface area contributed by atoms with E-state index in [2.05, 4.69) is 46.9 Å². The van der Waals surface area contributed by atoms with Crippen molar-refractivity contribution in [3.8, 4) is 0 Å². The predicted molar refractivity (Wildman–Crippen MR) is 88.8 cm³/mol. The van der Waals surface area contributed by atoms with Crippen LogP contribution in [0, 0.1) is 5.41 Å². The zero-order chi connectivity index (χ0) is 14.8. The molecule has 1 nitrogen and oxygen atoms in total. The molecule has 0 fully saturated rings. The quantitative estimate of drug-likeness (QED) is 0.485. The average molecular weight is 270 g/mol. The van der Waals surface area contributed by atoms with Crippen LogP contribution in [0.15, 0.2) is 0 Å². The average Bonchev–Trinajstić information content (AvgIpc) is 2.22. The Labute approximate surface area is 122 Å². The maximum absolute atomic E-state index is 3.55. The van der Waals surface area contributed by atoms with Crippen molar-refractivity contribution in [3.63, 3.8) is 0 Å². The van der Waals surface area contributed by atoms with Gasteiger partial charge in [0.25, 0.3) is 0 Å². The highest BCUT2D eigenvalue weighted by molar-refractivity contribution is 4.69. The monoisotopic (exact) mass is 269 g/mol. The third-order valence-electron chi connectivity index (χ3n) is 3.51. The topological polar surface area (TPSA) is 12.0 Å². The SMILES string of the molecule is CC(C)(C)CCCCCCCCCCNC(C)(C)C. The van der Waals surface area contributed by atoms with E-state index in [1.165, 1.54) is 64.3 Å². The summed E-state index contributed by atoms with van der Waals surface area (Å²) in [5.41, 5.74) is 0.813. The van der Waals surface area contributed by atoms with E-state index in [-0.39, 0.29) is 5.54 Å². The molecule has 0 spiro atoms. The van der Waals surface area contributed by atoms with Gasteiger partial charge in [-0.05, 0) is 45.6 Å². The van der Waals surface area contributed by atoms with Gasteiger partial charge in [0, 0.05) is 5.54 Å². The Balaban J connectivity index is 3.12. The molecule has 1 heteroatoms. The van der Waals surface area contributed by atoms with Gasteiger partial charge in [-0.2, -0.15) is 0 Å². The van der Waals surface area contributed by atoms with Crippen LogP contribution in [0.1, 0.15) is 99.3 Å². The number of hydrogen-bond donors (Lipinski definition) is 1. The van der Waals surface area contributed by atoms with E-state index < -0.39 is 0 Å². The van der Waals surface area contributed by atoms with E-state index in [1.54, 1.807) is 0 Å². The third kappa shape index (κ3) is 18.0. The maximum Gasteiger partial charge on any atom is 0.00965 e. The first-order chi connectivity index (χ1) is 8.71. The Morgan fingerprint density at radius 3 is 1.42 bits per heavy atom. The molecule has 0 aromatic heterocycles. The highest BCUT2D eigenvalue weighted by Gasteiger charge is 2.08. The Kier molecular flexibility index (Phi) is 9.78. The largest absolute Gasteiger partial charge is 0.312 e. The van der Waals surface area contributed by atoms with Crippen LogP contribution in [0.25, 0.3) is 0 Å². The van der Waals surface area contributed by atoms with Gasteiger partial charge in [0.1, 0.15) is 0 Å². The van der Waals surface area contributed by atoms with Crippen molar-refractivity contribution in [1.82, 2.24) is 5.32 Å². The third-order valence-corrected chi connectivity index (χ3v) is 3.51. The normalized spacial score (nSPS) is 12.9. The summed E-state index contributed by atoms with van der Waals surface area (Å²) in [5, 5.41) is 3.55. The van der Waals surface area contributed by atoms with Gasteiger partial charge < -0.3 is 5.32 Å². The predicted octanol–water partition coefficient (Wildman–Crippen LogP) is 5.93. The summed E-state index contributed by atoms with van der Waals surface area (Å²) >= 11 is 0. The maximum atomic E-state index is 3.55. The Morgan fingerprint density at radius 2 is 1.00 bits per heavy atom. The molecule has 0 bridgehead atoms. The van der Waals surface area contributed by atoms with Crippen LogP contribution in [0.3, 0.4) is 0 Å². The van der Waals surface area contributed by atoms with Crippen molar-refractivity contribution in [2.75, 3.05) is 6.54 Å². The van der Waals surface area contributed by atoms with E-state index in [0.29, 0.717) is 5.41 Å². The summed E-state index contributed by atoms with van der Waals surface area (Å²) in [7, 11) is 0. The molecule has 116 valence electrons. The van der Waals surface area contributed by atoms with Gasteiger partial charge in [0.2, 0.25) is 0 Å². The molecule has 0 radical (unpaired) electrons. The fourth-order valence-corrected chi connectivity index (χ4v) is 2.30. The highest BCUT2D eigenvalue weighted by Crippen LogP contribution is 2.22. The highest BCUT2D eigenvalue weighted by atomic mass is 14.9. The summed E-state index contributed by atoms with van der Waals surface area (Å²) in [6.07, 6.45) is 12.7. The molecule has 0 aliphatic carbocycles. The zero-order valence-electron chi connectivity index (χ0n) is 14.6. The molecule has 0 aliphatic heterocycles. The smallest absolute Gasteiger partial charge is 0.00965 e. The van der Waals surface area contributed by atoms with Crippen molar-refractivity contribution in [2.45, 2.75) is 105 Å². The minimum atomic E-state index is 0.285. The van der Waals surface area contributed by atoms with Gasteiger partial charge in [0.15, 0.2) is 0 Å². The summed E-state index contributed by atoms with van der Waals surface area (Å²) in [6.45, 7) is 14.9. The first-order valence-electron chi connectivity index (χ1n) is 8.46. The van der Waals surface area contributed by atoms with Crippen LogP contribution in [0.4, 0.5) is 0 Å². The fourth-order valence-electron chi connectivity index (χ4n) is 2.30. The lowest BCUT2D eigenvalue weighted by Gasteiger charge is -2.20. The summed E-state index contributed by atoms with van der Waals surface area (Å²) in [4.78, 5) is 0. The molecule has 0 heterocycles. The summed E-state index contributed by atoms with van der Waals surface area (Å²) < 4.78 is 0. The second-order valence-electron chi connectivity index (χ2n) is 8.32. The molecule has 0 aromatic carbocycles. The lowest BCUT2D eigenvalue weighted by Crippen LogP contribution is -2.36. The molecule has 0 saturated carbocycles. The van der Waals surface area contributed by atoms with Crippen molar-refractivity contribution >= 4 is 0 Å². The van der Waals surface area contributed by atoms with Gasteiger partial charge in [-0.25, -0.2) is 0 Å². The van der Waals surface area contributed by atoms with Gasteiger partial charge in [-0.1, -0.05) is 65.7 Å². The van der Waals surface area contributed by atoms with E-state index in [0.717, 1.165) is 0 Å². The zero-order valence-corrected chi connectivity index (χ0v) is 14.6. The molecule has 0 rings (SSSR count). The number of rotatable bonds is 10. The van der Waals surface area contributed by atoms with Crippen molar-refractivity contribution < 1.29 is 0 Å². The van der Waals surface area contributed by atoms with Gasteiger partial charge >= 0.3 is 0 Å². The Bertz CT molecular complexity index is 173. The van der Waals surface area contributed by atoms with Gasteiger partial charge in [-0.3, -0.25) is 0 Å². The van der Waals surface area contributed by atoms with Crippen LogP contribution in [-0.4, -0.2) is 12.1 Å². The minimum absolute atomic E-state index is 0.285.